The summed E-state index contributed by atoms with van der Waals surface area (Å²) < 4.78 is 4.95. The summed E-state index contributed by atoms with van der Waals surface area (Å²) in [5.41, 5.74) is 0.376. The summed E-state index contributed by atoms with van der Waals surface area (Å²) in [4.78, 5) is 13.2. The Kier molecular flexibility index (Phi) is 4.41. The molecule has 0 atom stereocenters. The van der Waals surface area contributed by atoms with Crippen LogP contribution in [0, 0.1) is 10.1 Å². The Labute approximate surface area is 117 Å². The molecule has 0 amide bonds. The largest absolute Gasteiger partial charge is 0.865 e. The van der Waals surface area contributed by atoms with Crippen molar-refractivity contribution >= 4 is 5.69 Å². The van der Waals surface area contributed by atoms with Gasteiger partial charge in [-0.2, -0.15) is 0 Å². The van der Waals surface area contributed by atoms with Crippen LogP contribution in [0.5, 0.6) is 11.5 Å². The number of hydrogen-bond acceptors (Lipinski definition) is 4. The van der Waals surface area contributed by atoms with Gasteiger partial charge in [0.15, 0.2) is 0 Å². The molecular weight excluding hydrogens is 262 g/mol. The number of benzene rings is 1. The summed E-state index contributed by atoms with van der Waals surface area (Å²) in [5, 5.41) is 22.7. The fraction of sp³-hybridized carbons (Fsp3) is 0.538. The third-order valence-electron chi connectivity index (χ3n) is 3.78. The van der Waals surface area contributed by atoms with Gasteiger partial charge in [-0.15, -0.1) is 0 Å². The predicted molar refractivity (Wildman–Crippen MR) is 70.1 cm³/mol. The van der Waals surface area contributed by atoms with Crippen molar-refractivity contribution in [3.05, 3.63) is 27.8 Å². The highest BCUT2D eigenvalue weighted by Gasteiger charge is 2.22. The Hall–Kier alpha value is -1.86. The van der Waals surface area contributed by atoms with Crippen molar-refractivity contribution in [2.45, 2.75) is 6.54 Å². The molecule has 7 heteroatoms. The molecule has 1 fully saturated rings. The zero-order valence-electron chi connectivity index (χ0n) is 11.8. The molecule has 20 heavy (non-hydrogen) atoms. The van der Waals surface area contributed by atoms with Gasteiger partial charge in [0, 0.05) is 17.4 Å². The second-order valence-electron chi connectivity index (χ2n) is 5.29. The summed E-state index contributed by atoms with van der Waals surface area (Å²) in [6.45, 7) is 4.93. The molecule has 7 nitrogen and oxygen atoms in total. The highest BCUT2D eigenvalue weighted by atomic mass is 16.6. The van der Waals surface area contributed by atoms with Gasteiger partial charge in [-0.3, -0.25) is 10.1 Å². The standard InChI is InChI=1S/C13H19N3O4/c1-14-3-5-15(6-4-14)9-10-7-11(16(18)19)13(17)12(8-10)20-2/h7-8,17H,3-6,9H2,1-2H3/p+1. The maximum Gasteiger partial charge on any atom is 0.265 e. The van der Waals surface area contributed by atoms with E-state index in [9.17, 15) is 15.2 Å². The van der Waals surface area contributed by atoms with E-state index in [0.717, 1.165) is 31.7 Å². The van der Waals surface area contributed by atoms with Gasteiger partial charge in [-0.1, -0.05) is 0 Å². The Morgan fingerprint density at radius 3 is 2.50 bits per heavy atom. The first-order valence-electron chi connectivity index (χ1n) is 6.68. The van der Waals surface area contributed by atoms with Crippen molar-refractivity contribution in [2.75, 3.05) is 40.3 Å². The van der Waals surface area contributed by atoms with Gasteiger partial charge < -0.3 is 19.6 Å². The summed E-state index contributed by atoms with van der Waals surface area (Å²) in [7, 11) is 3.52. The molecule has 2 rings (SSSR count). The lowest BCUT2D eigenvalue weighted by molar-refractivity contribution is -1.01. The summed E-state index contributed by atoms with van der Waals surface area (Å²) in [6, 6.07) is 3.00. The molecule has 0 saturated carbocycles. The summed E-state index contributed by atoms with van der Waals surface area (Å²) >= 11 is 0. The number of rotatable bonds is 4. The van der Waals surface area contributed by atoms with E-state index in [1.807, 2.05) is 0 Å². The van der Waals surface area contributed by atoms with Gasteiger partial charge in [0.2, 0.25) is 0 Å². The number of nitro groups is 1. The Bertz CT molecular complexity index is 499. The number of nitro benzene ring substituents is 1. The molecule has 0 spiro atoms. The summed E-state index contributed by atoms with van der Waals surface area (Å²) in [5.74, 6) is -0.604. The molecule has 1 aromatic rings. The third-order valence-corrected chi connectivity index (χ3v) is 3.78. The number of piperazine rings is 1. The highest BCUT2D eigenvalue weighted by Crippen LogP contribution is 2.34. The first-order valence-corrected chi connectivity index (χ1v) is 6.68. The van der Waals surface area contributed by atoms with E-state index in [4.69, 9.17) is 4.74 Å². The molecule has 0 radical (unpaired) electrons. The number of likely N-dealkylation sites (N-methyl/N-ethyl adjacent to an activating group) is 1. The third kappa shape index (κ3) is 3.17. The van der Waals surface area contributed by atoms with Gasteiger partial charge in [0.1, 0.15) is 38.5 Å². The van der Waals surface area contributed by atoms with Crippen molar-refractivity contribution in [2.24, 2.45) is 0 Å². The number of methoxy groups -OCH3 is 1. The van der Waals surface area contributed by atoms with Crippen LogP contribution in [0.2, 0.25) is 0 Å². The fourth-order valence-electron chi connectivity index (χ4n) is 2.53. The van der Waals surface area contributed by atoms with Crippen LogP contribution in [-0.4, -0.2) is 45.3 Å². The molecule has 0 aromatic heterocycles. The maximum atomic E-state index is 11.8. The predicted octanol–water partition coefficient (Wildman–Crippen LogP) is -2.41. The first-order chi connectivity index (χ1) is 9.51. The molecule has 1 heterocycles. The van der Waals surface area contributed by atoms with E-state index in [2.05, 4.69) is 7.05 Å². The normalized spacial score (nSPS) is 22.5. The molecule has 0 bridgehead atoms. The zero-order valence-corrected chi connectivity index (χ0v) is 11.8. The minimum Gasteiger partial charge on any atom is -0.865 e. The Morgan fingerprint density at radius 1 is 1.30 bits per heavy atom. The van der Waals surface area contributed by atoms with E-state index < -0.39 is 16.4 Å². The second-order valence-corrected chi connectivity index (χ2v) is 5.29. The fourth-order valence-corrected chi connectivity index (χ4v) is 2.53. The minimum atomic E-state index is -0.654. The van der Waals surface area contributed by atoms with Gasteiger partial charge in [0.25, 0.3) is 5.69 Å². The van der Waals surface area contributed by atoms with Crippen LogP contribution in [0.3, 0.4) is 0 Å². The molecule has 2 N–H and O–H groups in total. The van der Waals surface area contributed by atoms with Crippen LogP contribution >= 0.6 is 0 Å². The average molecular weight is 282 g/mol. The van der Waals surface area contributed by atoms with Gasteiger partial charge >= 0.3 is 0 Å². The van der Waals surface area contributed by atoms with Crippen LogP contribution < -0.4 is 19.6 Å². The number of quaternary nitrogens is 2. The average Bonchev–Trinajstić information content (AvgIpc) is 2.42. The quantitative estimate of drug-likeness (QED) is 0.476. The maximum absolute atomic E-state index is 11.8. The van der Waals surface area contributed by atoms with Crippen LogP contribution in [-0.2, 0) is 6.54 Å². The SMILES string of the molecule is COc1cc(C[NH+]2CC[NH+](C)CC2)cc([N+](=O)[O-])c1[O-]. The molecule has 1 aromatic carbocycles. The van der Waals surface area contributed by atoms with Crippen molar-refractivity contribution in [1.82, 2.24) is 0 Å². The lowest BCUT2D eigenvalue weighted by Gasteiger charge is -2.27. The lowest BCUT2D eigenvalue weighted by atomic mass is 10.1. The monoisotopic (exact) mass is 282 g/mol. The minimum absolute atomic E-state index is 0.0494. The van der Waals surface area contributed by atoms with Crippen molar-refractivity contribution in [1.29, 1.82) is 0 Å². The first kappa shape index (κ1) is 14.5. The molecule has 1 saturated heterocycles. The highest BCUT2D eigenvalue weighted by molar-refractivity contribution is 5.56. The lowest BCUT2D eigenvalue weighted by Crippen LogP contribution is -3.26. The van der Waals surface area contributed by atoms with Crippen molar-refractivity contribution in [3.8, 4) is 11.5 Å². The smallest absolute Gasteiger partial charge is 0.265 e. The van der Waals surface area contributed by atoms with Crippen LogP contribution in [0.25, 0.3) is 0 Å². The Morgan fingerprint density at radius 2 is 1.95 bits per heavy atom. The van der Waals surface area contributed by atoms with Crippen LogP contribution in [0.1, 0.15) is 5.56 Å². The topological polar surface area (TPSA) is 84.3 Å². The zero-order chi connectivity index (χ0) is 14.7. The van der Waals surface area contributed by atoms with E-state index >= 15 is 0 Å². The number of ether oxygens (including phenoxy) is 1. The summed E-state index contributed by atoms with van der Waals surface area (Å²) in [6.07, 6.45) is 0. The Balaban J connectivity index is 2.19. The molecular formula is C13H20N3O4+. The second kappa shape index (κ2) is 6.06. The van der Waals surface area contributed by atoms with Gasteiger partial charge in [-0.25, -0.2) is 0 Å². The molecule has 0 aliphatic carbocycles. The van der Waals surface area contributed by atoms with E-state index in [1.54, 1.807) is 6.07 Å². The number of nitrogens with one attached hydrogen (secondary N) is 2. The number of hydrogen-bond donors (Lipinski definition) is 2. The van der Waals surface area contributed by atoms with E-state index in [0.29, 0.717) is 6.54 Å². The van der Waals surface area contributed by atoms with E-state index in [1.165, 1.54) is 23.0 Å². The number of nitrogens with zero attached hydrogens (tertiary/aromatic N) is 1. The molecule has 1 aliphatic rings. The van der Waals surface area contributed by atoms with Crippen molar-refractivity contribution in [3.63, 3.8) is 0 Å². The molecule has 0 unspecified atom stereocenters. The van der Waals surface area contributed by atoms with Crippen LogP contribution in [0.4, 0.5) is 5.69 Å². The van der Waals surface area contributed by atoms with E-state index in [-0.39, 0.29) is 5.75 Å². The van der Waals surface area contributed by atoms with Gasteiger partial charge in [-0.05, 0) is 6.07 Å². The van der Waals surface area contributed by atoms with Crippen molar-refractivity contribution < 1.29 is 24.6 Å². The van der Waals surface area contributed by atoms with Crippen LogP contribution in [0.15, 0.2) is 12.1 Å². The molecule has 1 aliphatic heterocycles. The van der Waals surface area contributed by atoms with Gasteiger partial charge in [0.05, 0.1) is 19.1 Å². The molecule has 110 valence electrons.